The Morgan fingerprint density at radius 1 is 1.26 bits per heavy atom. The minimum absolute atomic E-state index is 0.481. The highest BCUT2D eigenvalue weighted by Gasteiger charge is 2.26. The smallest absolute Gasteiger partial charge is 0.233 e. The van der Waals surface area contributed by atoms with Crippen molar-refractivity contribution >= 4 is 26.7 Å². The summed E-state index contributed by atoms with van der Waals surface area (Å²) < 4.78 is 12.6. The number of nitrogens with zero attached hydrogens (tertiary/aromatic N) is 4. The third kappa shape index (κ3) is 3.20. The summed E-state index contributed by atoms with van der Waals surface area (Å²) in [6.45, 7) is 2.64. The number of thiazole rings is 1. The first kappa shape index (κ1) is 16.7. The van der Waals surface area contributed by atoms with E-state index in [1.165, 1.54) is 12.0 Å². The minimum atomic E-state index is 0.481. The second-order valence-electron chi connectivity index (χ2n) is 7.22. The molecule has 140 valence electrons. The molecule has 27 heavy (non-hydrogen) atoms. The van der Waals surface area contributed by atoms with Gasteiger partial charge in [0.2, 0.25) is 5.88 Å². The maximum Gasteiger partial charge on any atom is 0.233 e. The lowest BCUT2D eigenvalue weighted by Crippen LogP contribution is -2.21. The summed E-state index contributed by atoms with van der Waals surface area (Å²) in [5.41, 5.74) is 3.39. The molecule has 1 aromatic carbocycles. The van der Waals surface area contributed by atoms with Crippen molar-refractivity contribution in [3.8, 4) is 11.6 Å². The van der Waals surface area contributed by atoms with Crippen LogP contribution in [-0.2, 0) is 12.8 Å². The Balaban J connectivity index is 1.24. The van der Waals surface area contributed by atoms with E-state index in [1.807, 2.05) is 12.1 Å². The van der Waals surface area contributed by atoms with Crippen LogP contribution in [0.25, 0.3) is 10.2 Å². The maximum atomic E-state index is 5.96. The number of aryl methyl sites for hydroxylation is 2. The molecule has 2 aromatic heterocycles. The Morgan fingerprint density at radius 3 is 3.15 bits per heavy atom. The second-order valence-corrected chi connectivity index (χ2v) is 8.23. The third-order valence-corrected chi connectivity index (χ3v) is 6.49. The number of anilines is 1. The van der Waals surface area contributed by atoms with Crippen LogP contribution in [0.15, 0.2) is 24.3 Å². The fraction of sp³-hybridized carbons (Fsp3) is 0.450. The molecule has 1 aliphatic heterocycles. The molecule has 0 bridgehead atoms. The molecule has 0 saturated carbocycles. The zero-order valence-electron chi connectivity index (χ0n) is 15.4. The number of rotatable bonds is 5. The summed E-state index contributed by atoms with van der Waals surface area (Å²) in [4.78, 5) is 7.17. The molecule has 7 heteroatoms. The molecule has 2 aliphatic rings. The molecule has 6 nitrogen and oxygen atoms in total. The van der Waals surface area contributed by atoms with Crippen molar-refractivity contribution in [2.24, 2.45) is 5.92 Å². The number of ether oxygens (including phenoxy) is 2. The van der Waals surface area contributed by atoms with Crippen molar-refractivity contribution in [3.05, 3.63) is 35.5 Å². The van der Waals surface area contributed by atoms with Gasteiger partial charge in [0.15, 0.2) is 5.13 Å². The van der Waals surface area contributed by atoms with Crippen LogP contribution in [0.1, 0.15) is 24.1 Å². The molecule has 1 unspecified atom stereocenters. The average Bonchev–Trinajstić information content (AvgIpc) is 3.43. The lowest BCUT2D eigenvalue weighted by molar-refractivity contribution is 0.249. The Labute approximate surface area is 162 Å². The number of fused-ring (bicyclic) bond motifs is 2. The molecule has 0 spiro atoms. The first-order chi connectivity index (χ1) is 13.3. The van der Waals surface area contributed by atoms with Crippen molar-refractivity contribution in [2.75, 3.05) is 31.7 Å². The SMILES string of the molecule is COc1cccc2sc(N3CCC(COc4cc5c(nn4)CCC5)C3)nc12. The summed E-state index contributed by atoms with van der Waals surface area (Å²) in [6.07, 6.45) is 4.43. The summed E-state index contributed by atoms with van der Waals surface area (Å²) in [6, 6.07) is 8.15. The van der Waals surface area contributed by atoms with Gasteiger partial charge in [-0.05, 0) is 43.4 Å². The highest BCUT2D eigenvalue weighted by molar-refractivity contribution is 7.22. The number of hydrogen-bond donors (Lipinski definition) is 0. The normalized spacial score (nSPS) is 18.9. The van der Waals surface area contributed by atoms with Gasteiger partial charge >= 0.3 is 0 Å². The molecule has 3 heterocycles. The van der Waals surface area contributed by atoms with Crippen molar-refractivity contribution in [1.82, 2.24) is 15.2 Å². The first-order valence-corrected chi connectivity index (χ1v) is 10.3. The molecule has 0 N–H and O–H groups in total. The largest absolute Gasteiger partial charge is 0.494 e. The molecule has 1 fully saturated rings. The highest BCUT2D eigenvalue weighted by atomic mass is 32.1. The van der Waals surface area contributed by atoms with Gasteiger partial charge in [0.1, 0.15) is 11.3 Å². The minimum Gasteiger partial charge on any atom is -0.494 e. The van der Waals surface area contributed by atoms with E-state index in [0.717, 1.165) is 59.1 Å². The Hall–Kier alpha value is -2.41. The van der Waals surface area contributed by atoms with Gasteiger partial charge in [-0.2, -0.15) is 5.10 Å². The molecular weight excluding hydrogens is 360 g/mol. The predicted molar refractivity (Wildman–Crippen MR) is 106 cm³/mol. The van der Waals surface area contributed by atoms with Gasteiger partial charge in [-0.3, -0.25) is 0 Å². The van der Waals surface area contributed by atoms with Gasteiger partial charge in [-0.1, -0.05) is 17.4 Å². The van der Waals surface area contributed by atoms with Crippen LogP contribution in [-0.4, -0.2) is 42.0 Å². The Kier molecular flexibility index (Phi) is 4.32. The van der Waals surface area contributed by atoms with E-state index in [2.05, 4.69) is 27.2 Å². The standard InChI is InChI=1S/C20H22N4O2S/c1-25-16-6-3-7-17-19(16)21-20(27-17)24-9-8-13(11-24)12-26-18-10-14-4-2-5-15(14)22-23-18/h3,6-7,10,13H,2,4-5,8-9,11-12H2,1H3. The summed E-state index contributed by atoms with van der Waals surface area (Å²) >= 11 is 1.73. The van der Waals surface area contributed by atoms with E-state index in [0.29, 0.717) is 18.4 Å². The topological polar surface area (TPSA) is 60.4 Å². The van der Waals surface area contributed by atoms with Crippen LogP contribution in [0.5, 0.6) is 11.6 Å². The van der Waals surface area contributed by atoms with E-state index >= 15 is 0 Å². The van der Waals surface area contributed by atoms with Crippen molar-refractivity contribution in [2.45, 2.75) is 25.7 Å². The van der Waals surface area contributed by atoms with E-state index in [4.69, 9.17) is 14.5 Å². The van der Waals surface area contributed by atoms with E-state index < -0.39 is 0 Å². The predicted octanol–water partition coefficient (Wildman–Crippen LogP) is 3.49. The van der Waals surface area contributed by atoms with Crippen molar-refractivity contribution < 1.29 is 9.47 Å². The molecule has 1 aliphatic carbocycles. The number of aromatic nitrogens is 3. The van der Waals surface area contributed by atoms with Crippen LogP contribution < -0.4 is 14.4 Å². The highest BCUT2D eigenvalue weighted by Crippen LogP contribution is 2.36. The molecule has 1 atom stereocenters. The number of methoxy groups -OCH3 is 1. The summed E-state index contributed by atoms with van der Waals surface area (Å²) in [5.74, 6) is 1.98. The summed E-state index contributed by atoms with van der Waals surface area (Å²) in [7, 11) is 1.69. The monoisotopic (exact) mass is 382 g/mol. The van der Waals surface area contributed by atoms with Crippen LogP contribution in [0.3, 0.4) is 0 Å². The quantitative estimate of drug-likeness (QED) is 0.673. The number of benzene rings is 1. The number of para-hydroxylation sites is 1. The summed E-state index contributed by atoms with van der Waals surface area (Å²) in [5, 5.41) is 9.59. The molecule has 1 saturated heterocycles. The van der Waals surface area contributed by atoms with E-state index in [9.17, 15) is 0 Å². The van der Waals surface area contributed by atoms with Gasteiger partial charge in [0, 0.05) is 25.1 Å². The fourth-order valence-corrected chi connectivity index (χ4v) is 4.95. The van der Waals surface area contributed by atoms with Gasteiger partial charge in [0.25, 0.3) is 0 Å². The average molecular weight is 382 g/mol. The zero-order chi connectivity index (χ0) is 18.2. The molecule has 0 radical (unpaired) electrons. The molecule has 5 rings (SSSR count). The van der Waals surface area contributed by atoms with Gasteiger partial charge in [-0.15, -0.1) is 5.10 Å². The Morgan fingerprint density at radius 2 is 2.22 bits per heavy atom. The van der Waals surface area contributed by atoms with Crippen molar-refractivity contribution in [1.29, 1.82) is 0 Å². The zero-order valence-corrected chi connectivity index (χ0v) is 16.2. The maximum absolute atomic E-state index is 5.96. The van der Waals surface area contributed by atoms with Crippen LogP contribution in [0, 0.1) is 5.92 Å². The van der Waals surface area contributed by atoms with E-state index in [-0.39, 0.29) is 0 Å². The van der Waals surface area contributed by atoms with Gasteiger partial charge < -0.3 is 14.4 Å². The third-order valence-electron chi connectivity index (χ3n) is 5.41. The molecule has 3 aromatic rings. The van der Waals surface area contributed by atoms with Crippen LogP contribution >= 0.6 is 11.3 Å². The van der Waals surface area contributed by atoms with Gasteiger partial charge in [-0.25, -0.2) is 4.98 Å². The lowest BCUT2D eigenvalue weighted by atomic mass is 10.1. The number of hydrogen-bond acceptors (Lipinski definition) is 7. The lowest BCUT2D eigenvalue weighted by Gasteiger charge is -2.15. The van der Waals surface area contributed by atoms with Crippen LogP contribution in [0.2, 0.25) is 0 Å². The van der Waals surface area contributed by atoms with E-state index in [1.54, 1.807) is 18.4 Å². The first-order valence-electron chi connectivity index (χ1n) is 9.47. The fourth-order valence-electron chi connectivity index (χ4n) is 3.94. The van der Waals surface area contributed by atoms with Gasteiger partial charge in [0.05, 0.1) is 24.1 Å². The Bertz CT molecular complexity index is 974. The van der Waals surface area contributed by atoms with Crippen LogP contribution in [0.4, 0.5) is 5.13 Å². The molecule has 0 amide bonds. The molecular formula is C20H22N4O2S. The second kappa shape index (κ2) is 6.96. The van der Waals surface area contributed by atoms with Crippen molar-refractivity contribution in [3.63, 3.8) is 0 Å².